The number of β-lactam (4-membered cyclic amide) rings is 1. The lowest BCUT2D eigenvalue weighted by Gasteiger charge is -2.49. The lowest BCUT2D eigenvalue weighted by atomic mass is 10.0. The minimum Gasteiger partial charge on any atom is -0.478 e. The highest BCUT2D eigenvalue weighted by atomic mass is 32.2. The summed E-state index contributed by atoms with van der Waals surface area (Å²) < 4.78 is 10.5. The van der Waals surface area contributed by atoms with Gasteiger partial charge in [0.25, 0.3) is 11.8 Å². The summed E-state index contributed by atoms with van der Waals surface area (Å²) in [6.45, 7) is 8.53. The molecule has 1 saturated heterocycles. The first-order valence-corrected chi connectivity index (χ1v) is 13.5. The summed E-state index contributed by atoms with van der Waals surface area (Å²) in [4.78, 5) is 72.6. The van der Waals surface area contributed by atoms with Crippen molar-refractivity contribution in [1.82, 2.24) is 15.2 Å². The van der Waals surface area contributed by atoms with Gasteiger partial charge in [0.2, 0.25) is 5.60 Å². The first kappa shape index (κ1) is 29.9. The molecule has 2 aliphatic rings. The summed E-state index contributed by atoms with van der Waals surface area (Å²) >= 11 is 2.27. The zero-order valence-electron chi connectivity index (χ0n) is 22.1. The van der Waals surface area contributed by atoms with E-state index in [2.05, 4.69) is 15.5 Å². The number of amides is 2. The number of carbonyl (C=O) groups excluding carboxylic acids is 4. The van der Waals surface area contributed by atoms with Crippen molar-refractivity contribution in [1.29, 1.82) is 0 Å². The van der Waals surface area contributed by atoms with Gasteiger partial charge in [0.05, 0.1) is 0 Å². The van der Waals surface area contributed by atoms with E-state index in [-0.39, 0.29) is 34.6 Å². The number of aromatic nitrogens is 1. The Morgan fingerprint density at radius 1 is 1.26 bits per heavy atom. The molecule has 0 aliphatic carbocycles. The molecule has 1 fully saturated rings. The zero-order chi connectivity index (χ0) is 29.3. The number of oxime groups is 1. The Hall–Kier alpha value is -3.66. The van der Waals surface area contributed by atoms with Gasteiger partial charge in [0.15, 0.2) is 10.8 Å². The topological polar surface area (TPSA) is 200 Å². The third kappa shape index (κ3) is 6.86. The molecule has 0 unspecified atom stereocenters. The van der Waals surface area contributed by atoms with Crippen LogP contribution in [-0.2, 0) is 38.3 Å². The Labute approximate surface area is 231 Å². The van der Waals surface area contributed by atoms with Crippen LogP contribution in [0.3, 0.4) is 0 Å². The molecule has 0 aromatic carbocycles. The molecule has 16 heteroatoms. The van der Waals surface area contributed by atoms with Crippen molar-refractivity contribution < 1.29 is 43.4 Å². The molecule has 39 heavy (non-hydrogen) atoms. The molecule has 0 saturated carbocycles. The molecule has 2 amide bonds. The number of carboxylic acids is 1. The van der Waals surface area contributed by atoms with Crippen LogP contribution in [0.2, 0.25) is 0 Å². The van der Waals surface area contributed by atoms with Crippen LogP contribution in [0, 0.1) is 0 Å². The number of nitrogen functional groups attached to an aromatic ring is 1. The number of nitrogens with two attached hydrogens (primary N) is 1. The van der Waals surface area contributed by atoms with Crippen LogP contribution in [0.25, 0.3) is 0 Å². The monoisotopic (exact) mass is 583 g/mol. The molecule has 2 aliphatic heterocycles. The third-order valence-electron chi connectivity index (χ3n) is 5.24. The Kier molecular flexibility index (Phi) is 8.60. The number of esters is 2. The second-order valence-electron chi connectivity index (χ2n) is 10.0. The van der Waals surface area contributed by atoms with E-state index in [0.29, 0.717) is 5.57 Å². The number of nitrogens with one attached hydrogen (secondary N) is 1. The summed E-state index contributed by atoms with van der Waals surface area (Å²) in [6.07, 6.45) is 0. The number of hydrogen-bond acceptors (Lipinski definition) is 13. The van der Waals surface area contributed by atoms with Crippen molar-refractivity contribution >= 4 is 63.7 Å². The summed E-state index contributed by atoms with van der Waals surface area (Å²) in [5.41, 5.74) is 3.04. The molecule has 0 bridgehead atoms. The maximum atomic E-state index is 13.2. The van der Waals surface area contributed by atoms with Gasteiger partial charge in [0, 0.05) is 23.6 Å². The standard InChI is InChI=1S/C23H29N5O9S2/c1-10(29)35-7-11-8-38-18-14(17(31)28(18)15(11)19(32)36-22(2,3)4)26-16(30)13(12-9-39-21(24)25-12)27-37-23(5,6)20(33)34/h9,14,18H,7-8H2,1-6H3,(H2,24,25)(H,26,30)(H,33,34)/b27-13-/t14-,18-/m1/s1. The van der Waals surface area contributed by atoms with Crippen LogP contribution >= 0.6 is 23.1 Å². The van der Waals surface area contributed by atoms with E-state index in [1.807, 2.05) is 0 Å². The van der Waals surface area contributed by atoms with Crippen LogP contribution in [0.1, 0.15) is 47.2 Å². The number of carboxylic acid groups (broad SMARTS) is 1. The molecule has 3 rings (SSSR count). The number of ether oxygens (including phenoxy) is 2. The number of carbonyl (C=O) groups is 5. The van der Waals surface area contributed by atoms with Crippen LogP contribution in [0.15, 0.2) is 21.8 Å². The zero-order valence-corrected chi connectivity index (χ0v) is 23.7. The first-order valence-electron chi connectivity index (χ1n) is 11.6. The van der Waals surface area contributed by atoms with Gasteiger partial charge < -0.3 is 30.5 Å². The van der Waals surface area contributed by atoms with Crippen LogP contribution in [0.4, 0.5) is 5.13 Å². The van der Waals surface area contributed by atoms with Crippen molar-refractivity contribution in [3.63, 3.8) is 0 Å². The normalized spacial score (nSPS) is 19.6. The number of anilines is 1. The maximum absolute atomic E-state index is 13.2. The van der Waals surface area contributed by atoms with Crippen LogP contribution in [-0.4, -0.2) is 85.4 Å². The second kappa shape index (κ2) is 11.2. The molecule has 3 heterocycles. The molecular weight excluding hydrogens is 554 g/mol. The third-order valence-corrected chi connectivity index (χ3v) is 7.25. The fourth-order valence-electron chi connectivity index (χ4n) is 3.31. The van der Waals surface area contributed by atoms with Crippen molar-refractivity contribution in [2.24, 2.45) is 5.16 Å². The molecular formula is C23H29N5O9S2. The van der Waals surface area contributed by atoms with E-state index in [9.17, 15) is 29.1 Å². The largest absolute Gasteiger partial charge is 0.478 e. The Balaban J connectivity index is 1.87. The summed E-state index contributed by atoms with van der Waals surface area (Å²) in [5.74, 6) is -3.89. The smallest absolute Gasteiger partial charge is 0.355 e. The molecule has 2 atom stereocenters. The fraction of sp³-hybridized carbons (Fsp3) is 0.522. The van der Waals surface area contributed by atoms with Gasteiger partial charge in [-0.2, -0.15) is 0 Å². The van der Waals surface area contributed by atoms with E-state index in [0.717, 1.165) is 11.3 Å². The maximum Gasteiger partial charge on any atom is 0.355 e. The summed E-state index contributed by atoms with van der Waals surface area (Å²) in [5, 5.41) is 16.5. The number of aliphatic carboxylic acids is 1. The summed E-state index contributed by atoms with van der Waals surface area (Å²) in [6, 6.07) is -1.07. The van der Waals surface area contributed by atoms with E-state index in [1.165, 1.54) is 42.8 Å². The van der Waals surface area contributed by atoms with Crippen LogP contribution in [0.5, 0.6) is 0 Å². The Morgan fingerprint density at radius 2 is 1.92 bits per heavy atom. The Morgan fingerprint density at radius 3 is 2.46 bits per heavy atom. The highest BCUT2D eigenvalue weighted by Gasteiger charge is 2.55. The lowest BCUT2D eigenvalue weighted by Crippen LogP contribution is -2.71. The van der Waals surface area contributed by atoms with E-state index in [4.69, 9.17) is 20.0 Å². The van der Waals surface area contributed by atoms with E-state index in [1.54, 1.807) is 20.8 Å². The number of thiazole rings is 1. The molecule has 14 nitrogen and oxygen atoms in total. The van der Waals surface area contributed by atoms with Gasteiger partial charge in [-0.15, -0.1) is 23.1 Å². The highest BCUT2D eigenvalue weighted by Crippen LogP contribution is 2.41. The van der Waals surface area contributed by atoms with E-state index >= 15 is 0 Å². The lowest BCUT2D eigenvalue weighted by molar-refractivity contribution is -0.161. The average Bonchev–Trinajstić information content (AvgIpc) is 3.24. The second-order valence-corrected chi connectivity index (χ2v) is 12.0. The fourth-order valence-corrected chi connectivity index (χ4v) is 5.18. The number of rotatable bonds is 9. The number of nitrogens with zero attached hydrogens (tertiary/aromatic N) is 3. The minimum absolute atomic E-state index is 0.0223. The predicted molar refractivity (Wildman–Crippen MR) is 140 cm³/mol. The van der Waals surface area contributed by atoms with Gasteiger partial charge in [-0.3, -0.25) is 19.3 Å². The average molecular weight is 584 g/mol. The van der Waals surface area contributed by atoms with Gasteiger partial charge in [-0.1, -0.05) is 5.16 Å². The van der Waals surface area contributed by atoms with Gasteiger partial charge in [-0.05, 0) is 34.6 Å². The van der Waals surface area contributed by atoms with Crippen LogP contribution < -0.4 is 11.1 Å². The summed E-state index contributed by atoms with van der Waals surface area (Å²) in [7, 11) is 0. The predicted octanol–water partition coefficient (Wildman–Crippen LogP) is 0.868. The molecule has 4 N–H and O–H groups in total. The van der Waals surface area contributed by atoms with Crippen molar-refractivity contribution in [2.75, 3.05) is 18.1 Å². The SMILES string of the molecule is CC(=O)OCC1=C(C(=O)OC(C)(C)C)N2C(=O)[C@@H](NC(=O)/C(=N\OC(C)(C)C(=O)O)c3csc(N)n3)[C@H]2SC1. The van der Waals surface area contributed by atoms with E-state index < -0.39 is 52.3 Å². The molecule has 1 aromatic heterocycles. The van der Waals surface area contributed by atoms with Gasteiger partial charge in [0.1, 0.15) is 35.0 Å². The molecule has 0 radical (unpaired) electrons. The Bertz CT molecular complexity index is 1260. The van der Waals surface area contributed by atoms with Crippen molar-refractivity contribution in [3.8, 4) is 0 Å². The van der Waals surface area contributed by atoms with Crippen molar-refractivity contribution in [2.45, 2.75) is 64.2 Å². The molecule has 212 valence electrons. The van der Waals surface area contributed by atoms with Crippen molar-refractivity contribution in [3.05, 3.63) is 22.3 Å². The molecule has 1 aromatic rings. The quantitative estimate of drug-likeness (QED) is 0.161. The number of hydrogen-bond donors (Lipinski definition) is 3. The number of fused-ring (bicyclic) bond motifs is 1. The minimum atomic E-state index is -1.76. The highest BCUT2D eigenvalue weighted by molar-refractivity contribution is 8.00. The number of thioether (sulfide) groups is 1. The van der Waals surface area contributed by atoms with Gasteiger partial charge >= 0.3 is 17.9 Å². The first-order chi connectivity index (χ1) is 18.0. The van der Waals surface area contributed by atoms with Gasteiger partial charge in [-0.25, -0.2) is 14.6 Å². The molecule has 0 spiro atoms.